The average molecular weight is 209 g/mol. The van der Waals surface area contributed by atoms with Gasteiger partial charge in [0.25, 0.3) is 0 Å². The van der Waals surface area contributed by atoms with E-state index < -0.39 is 0 Å². The van der Waals surface area contributed by atoms with E-state index in [0.717, 1.165) is 0 Å². The van der Waals surface area contributed by atoms with Crippen LogP contribution >= 0.6 is 0 Å². The average Bonchev–Trinajstić information content (AvgIpc) is 2.16. The van der Waals surface area contributed by atoms with Gasteiger partial charge in [0, 0.05) is 25.8 Å². The minimum atomic E-state index is -0.284. The van der Waals surface area contributed by atoms with Gasteiger partial charge in [-0.3, -0.25) is 5.43 Å². The second kappa shape index (κ2) is 5.21. The van der Waals surface area contributed by atoms with E-state index in [9.17, 15) is 4.79 Å². The Labute approximate surface area is 89.0 Å². The molecule has 0 aliphatic rings. The molecular weight excluding hydrogens is 194 g/mol. The zero-order valence-corrected chi connectivity index (χ0v) is 9.07. The SMILES string of the molecule is COc1cccc(NC(=O)NN(C)C)c1. The van der Waals surface area contributed by atoms with Gasteiger partial charge in [0.2, 0.25) is 0 Å². The van der Waals surface area contributed by atoms with Crippen LogP contribution in [0.3, 0.4) is 0 Å². The molecule has 1 aromatic carbocycles. The predicted molar refractivity (Wildman–Crippen MR) is 58.8 cm³/mol. The molecule has 0 fully saturated rings. The number of ether oxygens (including phenoxy) is 1. The Kier molecular flexibility index (Phi) is 3.93. The molecular formula is C10H15N3O2. The number of nitrogens with zero attached hydrogens (tertiary/aromatic N) is 1. The van der Waals surface area contributed by atoms with Crippen molar-refractivity contribution in [1.82, 2.24) is 10.4 Å². The van der Waals surface area contributed by atoms with E-state index >= 15 is 0 Å². The number of carbonyl (C=O) groups excluding carboxylic acids is 1. The van der Waals surface area contributed by atoms with Crippen LogP contribution in [0, 0.1) is 0 Å². The van der Waals surface area contributed by atoms with Crippen molar-refractivity contribution in [3.8, 4) is 5.75 Å². The topological polar surface area (TPSA) is 53.6 Å². The Bertz CT molecular complexity index is 339. The zero-order chi connectivity index (χ0) is 11.3. The number of hydrogen-bond acceptors (Lipinski definition) is 3. The summed E-state index contributed by atoms with van der Waals surface area (Å²) in [6, 6.07) is 6.87. The summed E-state index contributed by atoms with van der Waals surface area (Å²) in [6.07, 6.45) is 0. The summed E-state index contributed by atoms with van der Waals surface area (Å²) in [4.78, 5) is 11.3. The highest BCUT2D eigenvalue weighted by molar-refractivity contribution is 5.89. The first-order valence-corrected chi connectivity index (χ1v) is 4.51. The molecule has 0 unspecified atom stereocenters. The van der Waals surface area contributed by atoms with E-state index in [4.69, 9.17) is 4.74 Å². The highest BCUT2D eigenvalue weighted by atomic mass is 16.5. The van der Waals surface area contributed by atoms with E-state index in [1.807, 2.05) is 12.1 Å². The largest absolute Gasteiger partial charge is 0.497 e. The predicted octanol–water partition coefficient (Wildman–Crippen LogP) is 1.29. The van der Waals surface area contributed by atoms with Crippen molar-refractivity contribution < 1.29 is 9.53 Å². The fourth-order valence-corrected chi connectivity index (χ4v) is 1.06. The number of urea groups is 1. The second-order valence-electron chi connectivity index (χ2n) is 3.19. The van der Waals surface area contributed by atoms with Crippen LogP contribution in [-0.4, -0.2) is 32.2 Å². The molecule has 5 heteroatoms. The summed E-state index contributed by atoms with van der Waals surface area (Å²) < 4.78 is 5.04. The van der Waals surface area contributed by atoms with Gasteiger partial charge in [0.15, 0.2) is 0 Å². The van der Waals surface area contributed by atoms with E-state index in [0.29, 0.717) is 11.4 Å². The molecule has 2 amide bonds. The second-order valence-corrected chi connectivity index (χ2v) is 3.19. The number of benzene rings is 1. The molecule has 0 aliphatic carbocycles. The summed E-state index contributed by atoms with van der Waals surface area (Å²) in [5.41, 5.74) is 3.26. The van der Waals surface area contributed by atoms with E-state index in [1.165, 1.54) is 0 Å². The lowest BCUT2D eigenvalue weighted by Gasteiger charge is -2.13. The third-order valence-corrected chi connectivity index (χ3v) is 1.65. The van der Waals surface area contributed by atoms with E-state index in [2.05, 4.69) is 10.7 Å². The van der Waals surface area contributed by atoms with Crippen molar-refractivity contribution >= 4 is 11.7 Å². The van der Waals surface area contributed by atoms with Gasteiger partial charge in [-0.25, -0.2) is 9.80 Å². The van der Waals surface area contributed by atoms with Crippen LogP contribution in [-0.2, 0) is 0 Å². The Morgan fingerprint density at radius 2 is 2.13 bits per heavy atom. The molecule has 1 aromatic rings. The van der Waals surface area contributed by atoms with Crippen LogP contribution in [0.5, 0.6) is 5.75 Å². The van der Waals surface area contributed by atoms with E-state index in [-0.39, 0.29) is 6.03 Å². The fraction of sp³-hybridized carbons (Fsp3) is 0.300. The number of rotatable bonds is 3. The smallest absolute Gasteiger partial charge is 0.333 e. The molecule has 0 spiro atoms. The van der Waals surface area contributed by atoms with Gasteiger partial charge in [-0.05, 0) is 12.1 Å². The standard InChI is InChI=1S/C10H15N3O2/c1-13(2)12-10(14)11-8-5-4-6-9(7-8)15-3/h4-7H,1-3H3,(H2,11,12,14). The number of nitrogens with one attached hydrogen (secondary N) is 2. The normalized spacial score (nSPS) is 9.87. The molecule has 0 aliphatic heterocycles. The number of hydrazine groups is 1. The molecule has 0 atom stereocenters. The number of carbonyl (C=O) groups is 1. The number of methoxy groups -OCH3 is 1. The molecule has 1 rings (SSSR count). The zero-order valence-electron chi connectivity index (χ0n) is 9.07. The monoisotopic (exact) mass is 209 g/mol. The minimum Gasteiger partial charge on any atom is -0.497 e. The summed E-state index contributed by atoms with van der Waals surface area (Å²) in [5.74, 6) is 0.706. The van der Waals surface area contributed by atoms with Crippen LogP contribution in [0.15, 0.2) is 24.3 Å². The Hall–Kier alpha value is -1.75. The first kappa shape index (κ1) is 11.3. The Balaban J connectivity index is 2.60. The highest BCUT2D eigenvalue weighted by Crippen LogP contribution is 2.16. The van der Waals surface area contributed by atoms with Crippen LogP contribution in [0.1, 0.15) is 0 Å². The van der Waals surface area contributed by atoms with Crippen LogP contribution in [0.2, 0.25) is 0 Å². The van der Waals surface area contributed by atoms with Gasteiger partial charge in [-0.1, -0.05) is 6.07 Å². The maximum atomic E-state index is 11.3. The molecule has 15 heavy (non-hydrogen) atoms. The first-order chi connectivity index (χ1) is 7.11. The first-order valence-electron chi connectivity index (χ1n) is 4.51. The number of anilines is 1. The molecule has 0 aromatic heterocycles. The third-order valence-electron chi connectivity index (χ3n) is 1.65. The number of hydrogen-bond donors (Lipinski definition) is 2. The van der Waals surface area contributed by atoms with Gasteiger partial charge in [-0.15, -0.1) is 0 Å². The highest BCUT2D eigenvalue weighted by Gasteiger charge is 2.02. The molecule has 82 valence electrons. The maximum Gasteiger partial charge on any atom is 0.333 e. The lowest BCUT2D eigenvalue weighted by atomic mass is 10.3. The summed E-state index contributed by atoms with van der Waals surface area (Å²) in [6.45, 7) is 0. The third kappa shape index (κ3) is 3.86. The van der Waals surface area contributed by atoms with Crippen molar-refractivity contribution in [3.05, 3.63) is 24.3 Å². The maximum absolute atomic E-state index is 11.3. The Morgan fingerprint density at radius 3 is 2.73 bits per heavy atom. The van der Waals surface area contributed by atoms with Crippen molar-refractivity contribution in [3.63, 3.8) is 0 Å². The molecule has 2 N–H and O–H groups in total. The Morgan fingerprint density at radius 1 is 1.40 bits per heavy atom. The van der Waals surface area contributed by atoms with Crippen LogP contribution in [0.4, 0.5) is 10.5 Å². The van der Waals surface area contributed by atoms with Gasteiger partial charge < -0.3 is 10.1 Å². The van der Waals surface area contributed by atoms with Crippen molar-refractivity contribution in [2.45, 2.75) is 0 Å². The molecule has 0 bridgehead atoms. The van der Waals surface area contributed by atoms with Crippen molar-refractivity contribution in [1.29, 1.82) is 0 Å². The van der Waals surface area contributed by atoms with Gasteiger partial charge in [-0.2, -0.15) is 0 Å². The molecule has 0 heterocycles. The summed E-state index contributed by atoms with van der Waals surface area (Å²) in [7, 11) is 5.06. The molecule has 0 saturated carbocycles. The summed E-state index contributed by atoms with van der Waals surface area (Å²) >= 11 is 0. The lowest BCUT2D eigenvalue weighted by Crippen LogP contribution is -2.39. The van der Waals surface area contributed by atoms with Crippen molar-refractivity contribution in [2.75, 3.05) is 26.5 Å². The van der Waals surface area contributed by atoms with Crippen LogP contribution in [0.25, 0.3) is 0 Å². The molecule has 5 nitrogen and oxygen atoms in total. The minimum absolute atomic E-state index is 0.284. The van der Waals surface area contributed by atoms with Gasteiger partial charge in [0.05, 0.1) is 7.11 Å². The van der Waals surface area contributed by atoms with Crippen LogP contribution < -0.4 is 15.5 Å². The quantitative estimate of drug-likeness (QED) is 0.738. The molecule has 0 radical (unpaired) electrons. The number of amides is 2. The lowest BCUT2D eigenvalue weighted by molar-refractivity contribution is 0.224. The van der Waals surface area contributed by atoms with Crippen molar-refractivity contribution in [2.24, 2.45) is 0 Å². The molecule has 0 saturated heterocycles. The van der Waals surface area contributed by atoms with Gasteiger partial charge in [0.1, 0.15) is 5.75 Å². The fourth-order valence-electron chi connectivity index (χ4n) is 1.06. The van der Waals surface area contributed by atoms with Gasteiger partial charge >= 0.3 is 6.03 Å². The summed E-state index contributed by atoms with van der Waals surface area (Å²) in [5, 5.41) is 4.24. The van der Waals surface area contributed by atoms with E-state index in [1.54, 1.807) is 38.3 Å².